The van der Waals surface area contributed by atoms with Crippen LogP contribution in [-0.2, 0) is 4.79 Å². The van der Waals surface area contributed by atoms with Gasteiger partial charge in [-0.3, -0.25) is 4.79 Å². The smallest absolute Gasteiger partial charge is 0.133 e. The number of carbonyl (C=O) groups is 1. The SMILES string of the molecule is CC(=O)[C@@H]1CC[C@H]2[C@@]1(C)CC[C@H]1C(C)(C)[C@@H](O)CC[C@]21C. The summed E-state index contributed by atoms with van der Waals surface area (Å²) in [5.41, 5.74) is 0.526. The Bertz CT molecular complexity index is 454. The van der Waals surface area contributed by atoms with E-state index in [1.165, 1.54) is 19.3 Å². The second-order valence-corrected chi connectivity index (χ2v) is 9.27. The van der Waals surface area contributed by atoms with Crippen molar-refractivity contribution in [3.8, 4) is 0 Å². The summed E-state index contributed by atoms with van der Waals surface area (Å²) in [5, 5.41) is 10.5. The number of Topliss-reactive ketones (excluding diaryl/α,β-unsaturated/α-hetero) is 1. The van der Waals surface area contributed by atoms with Gasteiger partial charge < -0.3 is 5.11 Å². The van der Waals surface area contributed by atoms with E-state index in [4.69, 9.17) is 0 Å². The molecule has 0 aliphatic heterocycles. The van der Waals surface area contributed by atoms with E-state index in [-0.39, 0.29) is 22.9 Å². The molecule has 1 N–H and O–H groups in total. The first-order valence-corrected chi connectivity index (χ1v) is 8.82. The quantitative estimate of drug-likeness (QED) is 0.786. The molecule has 2 nitrogen and oxygen atoms in total. The normalized spacial score (nSPS) is 52.1. The van der Waals surface area contributed by atoms with Crippen molar-refractivity contribution in [3.63, 3.8) is 0 Å². The number of fused-ring (bicyclic) bond motifs is 3. The van der Waals surface area contributed by atoms with Crippen LogP contribution in [0.25, 0.3) is 0 Å². The van der Waals surface area contributed by atoms with E-state index in [0.717, 1.165) is 19.3 Å². The van der Waals surface area contributed by atoms with E-state index in [9.17, 15) is 9.90 Å². The van der Waals surface area contributed by atoms with Gasteiger partial charge in [0.25, 0.3) is 0 Å². The third kappa shape index (κ3) is 1.90. The van der Waals surface area contributed by atoms with Crippen LogP contribution in [0.1, 0.15) is 73.1 Å². The molecule has 0 saturated heterocycles. The Labute approximate surface area is 129 Å². The average Bonchev–Trinajstić information content (AvgIpc) is 2.73. The molecule has 2 heteroatoms. The zero-order chi connectivity index (χ0) is 15.6. The largest absolute Gasteiger partial charge is 0.393 e. The van der Waals surface area contributed by atoms with Crippen molar-refractivity contribution in [1.82, 2.24) is 0 Å². The van der Waals surface area contributed by atoms with E-state index in [2.05, 4.69) is 27.7 Å². The van der Waals surface area contributed by atoms with Gasteiger partial charge in [-0.15, -0.1) is 0 Å². The highest BCUT2D eigenvalue weighted by molar-refractivity contribution is 5.79. The summed E-state index contributed by atoms with van der Waals surface area (Å²) in [6.07, 6.45) is 6.53. The van der Waals surface area contributed by atoms with Crippen LogP contribution in [0, 0.1) is 34.0 Å². The van der Waals surface area contributed by atoms with Gasteiger partial charge in [-0.2, -0.15) is 0 Å². The number of rotatable bonds is 1. The molecule has 0 bridgehead atoms. The molecule has 0 heterocycles. The van der Waals surface area contributed by atoms with E-state index in [1.807, 2.05) is 0 Å². The highest BCUT2D eigenvalue weighted by Crippen LogP contribution is 2.69. The Kier molecular flexibility index (Phi) is 3.37. The molecule has 0 amide bonds. The van der Waals surface area contributed by atoms with Gasteiger partial charge in [-0.05, 0) is 73.5 Å². The summed E-state index contributed by atoms with van der Waals surface area (Å²) in [6.45, 7) is 11.2. The lowest BCUT2D eigenvalue weighted by Gasteiger charge is -2.62. The lowest BCUT2D eigenvalue weighted by atomic mass is 9.43. The Hall–Kier alpha value is -0.370. The van der Waals surface area contributed by atoms with E-state index < -0.39 is 0 Å². The van der Waals surface area contributed by atoms with Gasteiger partial charge in [0.15, 0.2) is 0 Å². The average molecular weight is 292 g/mol. The van der Waals surface area contributed by atoms with E-state index in [0.29, 0.717) is 23.0 Å². The first kappa shape index (κ1) is 15.5. The fourth-order valence-corrected chi connectivity index (χ4v) is 6.98. The summed E-state index contributed by atoms with van der Waals surface area (Å²) in [5.74, 6) is 1.93. The molecular formula is C19H32O2. The first-order valence-electron chi connectivity index (χ1n) is 8.82. The van der Waals surface area contributed by atoms with Crippen LogP contribution in [-0.4, -0.2) is 17.0 Å². The highest BCUT2D eigenvalue weighted by Gasteiger charge is 2.64. The van der Waals surface area contributed by atoms with Gasteiger partial charge in [0.2, 0.25) is 0 Å². The molecule has 3 rings (SSSR count). The molecule has 0 aromatic heterocycles. The zero-order valence-corrected chi connectivity index (χ0v) is 14.4. The zero-order valence-electron chi connectivity index (χ0n) is 14.4. The van der Waals surface area contributed by atoms with Crippen LogP contribution in [0.2, 0.25) is 0 Å². The van der Waals surface area contributed by atoms with Crippen molar-refractivity contribution in [1.29, 1.82) is 0 Å². The minimum atomic E-state index is -0.162. The lowest BCUT2D eigenvalue weighted by molar-refractivity contribution is -0.169. The third-order valence-electron chi connectivity index (χ3n) is 8.10. The molecule has 0 radical (unpaired) electrons. The summed E-state index contributed by atoms with van der Waals surface area (Å²) in [4.78, 5) is 12.1. The number of carbonyl (C=O) groups excluding carboxylic acids is 1. The molecule has 3 fully saturated rings. The summed E-state index contributed by atoms with van der Waals surface area (Å²) >= 11 is 0. The van der Waals surface area contributed by atoms with Gasteiger partial charge in [-0.25, -0.2) is 0 Å². The molecule has 21 heavy (non-hydrogen) atoms. The maximum absolute atomic E-state index is 12.1. The van der Waals surface area contributed by atoms with Crippen LogP contribution in [0.5, 0.6) is 0 Å². The fourth-order valence-electron chi connectivity index (χ4n) is 6.98. The second-order valence-electron chi connectivity index (χ2n) is 9.27. The molecule has 120 valence electrons. The van der Waals surface area contributed by atoms with Gasteiger partial charge >= 0.3 is 0 Å². The molecule has 6 atom stereocenters. The summed E-state index contributed by atoms with van der Waals surface area (Å²) in [6, 6.07) is 0. The molecule has 0 spiro atoms. The lowest BCUT2D eigenvalue weighted by Crippen LogP contribution is -2.58. The molecule has 3 aliphatic carbocycles. The fraction of sp³-hybridized carbons (Fsp3) is 0.947. The minimum absolute atomic E-state index is 0.0165. The molecule has 3 saturated carbocycles. The maximum Gasteiger partial charge on any atom is 0.133 e. The Morgan fingerprint density at radius 3 is 2.14 bits per heavy atom. The number of hydrogen-bond donors (Lipinski definition) is 1. The van der Waals surface area contributed by atoms with Crippen LogP contribution in [0.3, 0.4) is 0 Å². The topological polar surface area (TPSA) is 37.3 Å². The van der Waals surface area contributed by atoms with Crippen LogP contribution >= 0.6 is 0 Å². The minimum Gasteiger partial charge on any atom is -0.393 e. The molecule has 3 aliphatic rings. The van der Waals surface area contributed by atoms with Crippen molar-refractivity contribution >= 4 is 5.78 Å². The Morgan fingerprint density at radius 2 is 1.52 bits per heavy atom. The van der Waals surface area contributed by atoms with E-state index in [1.54, 1.807) is 6.92 Å². The van der Waals surface area contributed by atoms with Crippen molar-refractivity contribution in [2.24, 2.45) is 34.0 Å². The summed E-state index contributed by atoms with van der Waals surface area (Å²) < 4.78 is 0. The maximum atomic E-state index is 12.1. The van der Waals surface area contributed by atoms with Gasteiger partial charge in [-0.1, -0.05) is 27.7 Å². The molecule has 0 aromatic rings. The Morgan fingerprint density at radius 1 is 0.905 bits per heavy atom. The molecule has 0 unspecified atom stereocenters. The predicted molar refractivity (Wildman–Crippen MR) is 84.9 cm³/mol. The van der Waals surface area contributed by atoms with Crippen LogP contribution < -0.4 is 0 Å². The van der Waals surface area contributed by atoms with Crippen molar-refractivity contribution < 1.29 is 9.90 Å². The third-order valence-corrected chi connectivity index (χ3v) is 8.10. The highest BCUT2D eigenvalue weighted by atomic mass is 16.3. The first-order chi connectivity index (χ1) is 9.64. The van der Waals surface area contributed by atoms with Gasteiger partial charge in [0, 0.05) is 5.92 Å². The predicted octanol–water partition coefficient (Wildman–Crippen LogP) is 4.21. The standard InChI is InChI=1S/C19H32O2/c1-12(20)13-6-7-15-18(13,4)10-8-14-17(2,3)16(21)9-11-19(14,15)5/h13-16,21H,6-11H2,1-5H3/t13-,14-,15-,16-,18-,19-/m0/s1. The van der Waals surface area contributed by atoms with Crippen molar-refractivity contribution in [2.75, 3.05) is 0 Å². The van der Waals surface area contributed by atoms with Gasteiger partial charge in [0.05, 0.1) is 6.10 Å². The molecular weight excluding hydrogens is 260 g/mol. The molecule has 0 aromatic carbocycles. The van der Waals surface area contributed by atoms with E-state index >= 15 is 0 Å². The van der Waals surface area contributed by atoms with Gasteiger partial charge in [0.1, 0.15) is 5.78 Å². The number of ketones is 1. The number of hydrogen-bond acceptors (Lipinski definition) is 2. The van der Waals surface area contributed by atoms with Crippen LogP contribution in [0.15, 0.2) is 0 Å². The Balaban J connectivity index is 1.99. The monoisotopic (exact) mass is 292 g/mol. The number of aliphatic hydroxyl groups is 1. The number of aliphatic hydroxyl groups excluding tert-OH is 1. The van der Waals surface area contributed by atoms with Crippen molar-refractivity contribution in [3.05, 3.63) is 0 Å². The summed E-state index contributed by atoms with van der Waals surface area (Å²) in [7, 11) is 0. The second kappa shape index (κ2) is 4.57. The van der Waals surface area contributed by atoms with Crippen molar-refractivity contribution in [2.45, 2.75) is 79.2 Å². The van der Waals surface area contributed by atoms with Crippen LogP contribution in [0.4, 0.5) is 0 Å².